The SMILES string of the molecule is C=Nc1c(C(=NC)NC(C)C)cnn1-c1ccc(OCCCc2sc(N3CCc4cccc(C(=O)Nc5nc6ccccc6s5)c4C3)nc2C(=O)O)cc1. The predicted molar refractivity (Wildman–Crippen MR) is 215 cm³/mol. The molecule has 0 saturated carbocycles. The summed E-state index contributed by atoms with van der Waals surface area (Å²) in [7, 11) is 1.72. The van der Waals surface area contributed by atoms with Gasteiger partial charge in [0.05, 0.1) is 34.3 Å². The van der Waals surface area contributed by atoms with Gasteiger partial charge in [0.2, 0.25) is 0 Å². The number of fused-ring (bicyclic) bond motifs is 2. The zero-order valence-electron chi connectivity index (χ0n) is 30.1. The van der Waals surface area contributed by atoms with Crippen LogP contribution in [0.25, 0.3) is 15.9 Å². The summed E-state index contributed by atoms with van der Waals surface area (Å²) in [6, 6.07) is 21.2. The average molecular weight is 762 g/mol. The number of carboxylic acid groups (broad SMARTS) is 1. The van der Waals surface area contributed by atoms with E-state index in [0.717, 1.165) is 32.6 Å². The van der Waals surface area contributed by atoms with Crippen molar-refractivity contribution in [3.05, 3.63) is 106 Å². The number of aromatic carboxylic acids is 1. The third kappa shape index (κ3) is 7.72. The Morgan fingerprint density at radius 2 is 1.85 bits per heavy atom. The Bertz CT molecular complexity index is 2330. The van der Waals surface area contributed by atoms with Gasteiger partial charge in [0.1, 0.15) is 11.6 Å². The van der Waals surface area contributed by atoms with Crippen LogP contribution in [0.4, 0.5) is 16.1 Å². The van der Waals surface area contributed by atoms with Gasteiger partial charge >= 0.3 is 5.97 Å². The minimum absolute atomic E-state index is 0.0529. The summed E-state index contributed by atoms with van der Waals surface area (Å²) in [5.41, 5.74) is 5.01. The van der Waals surface area contributed by atoms with E-state index in [4.69, 9.17) is 4.74 Å². The van der Waals surface area contributed by atoms with Crippen molar-refractivity contribution in [2.75, 3.05) is 30.4 Å². The second-order valence-electron chi connectivity index (χ2n) is 12.9. The first-order chi connectivity index (χ1) is 26.2. The van der Waals surface area contributed by atoms with Crippen LogP contribution in [0, 0.1) is 0 Å². The van der Waals surface area contributed by atoms with Gasteiger partial charge in [0.25, 0.3) is 5.91 Å². The summed E-state index contributed by atoms with van der Waals surface area (Å²) in [5.74, 6) is 0.655. The minimum atomic E-state index is -1.07. The minimum Gasteiger partial charge on any atom is -0.494 e. The first kappa shape index (κ1) is 36.4. The van der Waals surface area contributed by atoms with Crippen molar-refractivity contribution in [1.29, 1.82) is 0 Å². The van der Waals surface area contributed by atoms with Crippen molar-refractivity contribution in [1.82, 2.24) is 25.1 Å². The molecule has 3 aromatic carbocycles. The summed E-state index contributed by atoms with van der Waals surface area (Å²) in [6.07, 6.45) is 3.51. The third-order valence-corrected chi connectivity index (χ3v) is 11.0. The highest BCUT2D eigenvalue weighted by molar-refractivity contribution is 7.22. The number of amides is 1. The lowest BCUT2D eigenvalue weighted by molar-refractivity contribution is 0.0690. The van der Waals surface area contributed by atoms with Crippen molar-refractivity contribution in [2.45, 2.75) is 45.7 Å². The van der Waals surface area contributed by atoms with E-state index in [9.17, 15) is 14.7 Å². The van der Waals surface area contributed by atoms with Gasteiger partial charge in [-0.1, -0.05) is 35.6 Å². The molecule has 1 amide bonds. The summed E-state index contributed by atoms with van der Waals surface area (Å²) in [6.45, 7) is 9.31. The molecule has 276 valence electrons. The highest BCUT2D eigenvalue weighted by Gasteiger charge is 2.27. The maximum atomic E-state index is 13.5. The van der Waals surface area contributed by atoms with Gasteiger partial charge in [0, 0.05) is 36.6 Å². The van der Waals surface area contributed by atoms with Crippen LogP contribution in [0.2, 0.25) is 0 Å². The number of rotatable bonds is 13. The normalized spacial score (nSPS) is 12.9. The van der Waals surface area contributed by atoms with Crippen LogP contribution < -0.4 is 20.3 Å². The van der Waals surface area contributed by atoms with E-state index in [2.05, 4.69) is 47.3 Å². The van der Waals surface area contributed by atoms with E-state index in [1.807, 2.05) is 80.6 Å². The predicted octanol–water partition coefficient (Wildman–Crippen LogP) is 7.17. The van der Waals surface area contributed by atoms with Gasteiger partial charge in [-0.15, -0.1) is 11.3 Å². The van der Waals surface area contributed by atoms with Crippen LogP contribution in [0.5, 0.6) is 5.75 Å². The number of aryl methyl sites for hydroxylation is 1. The lowest BCUT2D eigenvalue weighted by Crippen LogP contribution is -2.32. The first-order valence-electron chi connectivity index (χ1n) is 17.5. The van der Waals surface area contributed by atoms with Crippen molar-refractivity contribution in [2.24, 2.45) is 9.98 Å². The van der Waals surface area contributed by atoms with Crippen LogP contribution in [0.1, 0.15) is 62.7 Å². The van der Waals surface area contributed by atoms with Gasteiger partial charge in [-0.25, -0.2) is 24.4 Å². The molecule has 0 radical (unpaired) electrons. The zero-order valence-corrected chi connectivity index (χ0v) is 31.7. The van der Waals surface area contributed by atoms with Crippen LogP contribution in [0.15, 0.2) is 82.9 Å². The van der Waals surface area contributed by atoms with E-state index in [-0.39, 0.29) is 17.6 Å². The highest BCUT2D eigenvalue weighted by Crippen LogP contribution is 2.34. The maximum absolute atomic E-state index is 13.5. The number of nitrogens with one attached hydrogen (secondary N) is 2. The van der Waals surface area contributed by atoms with Crippen molar-refractivity contribution < 1.29 is 19.4 Å². The largest absolute Gasteiger partial charge is 0.494 e. The summed E-state index contributed by atoms with van der Waals surface area (Å²) >= 11 is 2.81. The Morgan fingerprint density at radius 1 is 1.04 bits per heavy atom. The number of carbonyl (C=O) groups excluding carboxylic acids is 1. The number of hydrogen-bond acceptors (Lipinski definition) is 11. The lowest BCUT2D eigenvalue weighted by atomic mass is 9.94. The number of aromatic nitrogens is 4. The number of thiazole rings is 2. The van der Waals surface area contributed by atoms with Crippen LogP contribution >= 0.6 is 22.7 Å². The van der Waals surface area contributed by atoms with Gasteiger partial charge in [-0.3, -0.25) is 15.1 Å². The molecule has 0 aliphatic carbocycles. The van der Waals surface area contributed by atoms with Crippen LogP contribution in [-0.4, -0.2) is 75.5 Å². The number of hydrogen-bond donors (Lipinski definition) is 3. The Hall–Kier alpha value is -5.93. The second kappa shape index (κ2) is 16.0. The van der Waals surface area contributed by atoms with Gasteiger partial charge in [0.15, 0.2) is 21.8 Å². The molecule has 1 aliphatic rings. The molecule has 3 aromatic heterocycles. The van der Waals surface area contributed by atoms with Gasteiger partial charge in [-0.2, -0.15) is 5.10 Å². The number of para-hydroxylation sites is 1. The topological polar surface area (TPSA) is 159 Å². The Kier molecular flexibility index (Phi) is 10.8. The van der Waals surface area contributed by atoms with E-state index < -0.39 is 5.97 Å². The molecule has 0 saturated heterocycles. The summed E-state index contributed by atoms with van der Waals surface area (Å²) in [4.78, 5) is 46.2. The standard InChI is InChI=1S/C39H39N9O4S2/c1-23(2)43-34(40-3)28-21-42-48(35(28)41-4)25-14-16-26(17-15-25)52-20-8-13-32-33(37(50)51)45-39(54-32)47-19-18-24-9-7-10-27(29(24)22-47)36(49)46-38-44-30-11-5-6-12-31(30)53-38/h5-7,9-12,14-17,21,23H,4,8,13,18-20,22H2,1-3H3,(H,40,43)(H,50,51)(H,44,46,49). The molecule has 3 N–H and O–H groups in total. The Morgan fingerprint density at radius 3 is 2.59 bits per heavy atom. The molecule has 1 aliphatic heterocycles. The fourth-order valence-electron chi connectivity index (χ4n) is 6.35. The van der Waals surface area contributed by atoms with Gasteiger partial charge < -0.3 is 20.1 Å². The molecule has 7 rings (SSSR count). The highest BCUT2D eigenvalue weighted by atomic mass is 32.1. The quantitative estimate of drug-likeness (QED) is 0.0630. The van der Waals surface area contributed by atoms with E-state index in [1.165, 1.54) is 22.7 Å². The zero-order chi connectivity index (χ0) is 37.8. The number of ether oxygens (including phenoxy) is 1. The van der Waals surface area contributed by atoms with Crippen molar-refractivity contribution >= 4 is 73.4 Å². The number of carbonyl (C=O) groups is 2. The number of nitrogens with zero attached hydrogens (tertiary/aromatic N) is 7. The number of benzene rings is 3. The molecule has 0 bridgehead atoms. The second-order valence-corrected chi connectivity index (χ2v) is 15.0. The monoisotopic (exact) mass is 761 g/mol. The Balaban J connectivity index is 0.983. The fourth-order valence-corrected chi connectivity index (χ4v) is 8.33. The smallest absolute Gasteiger partial charge is 0.355 e. The average Bonchev–Trinajstić information content (AvgIpc) is 3.92. The molecule has 0 unspecified atom stereocenters. The lowest BCUT2D eigenvalue weighted by Gasteiger charge is -2.29. The number of carboxylic acids is 1. The molecule has 4 heterocycles. The van der Waals surface area contributed by atoms with Gasteiger partial charge in [-0.05, 0) is 93.4 Å². The number of amidine groups is 1. The molecular formula is C39H39N9O4S2. The van der Waals surface area contributed by atoms with Crippen LogP contribution in [-0.2, 0) is 19.4 Å². The van der Waals surface area contributed by atoms with Crippen molar-refractivity contribution in [3.8, 4) is 11.4 Å². The molecule has 0 atom stereocenters. The van der Waals surface area contributed by atoms with Crippen LogP contribution in [0.3, 0.4) is 0 Å². The summed E-state index contributed by atoms with van der Waals surface area (Å²) < 4.78 is 8.73. The maximum Gasteiger partial charge on any atom is 0.355 e. The molecule has 54 heavy (non-hydrogen) atoms. The number of aliphatic imine (C=N–C) groups is 2. The van der Waals surface area contributed by atoms with E-state index >= 15 is 0 Å². The number of anilines is 2. The summed E-state index contributed by atoms with van der Waals surface area (Å²) in [5, 5.41) is 22.0. The molecule has 6 aromatic rings. The fraction of sp³-hybridized carbons (Fsp3) is 0.256. The molecule has 0 spiro atoms. The van der Waals surface area contributed by atoms with E-state index in [0.29, 0.717) is 77.1 Å². The molecule has 13 nitrogen and oxygen atoms in total. The first-order valence-corrected chi connectivity index (χ1v) is 19.1. The molecular weight excluding hydrogens is 723 g/mol. The molecule has 0 fully saturated rings. The third-order valence-electron chi connectivity index (χ3n) is 8.89. The Labute approximate surface area is 320 Å². The molecule has 15 heteroatoms. The van der Waals surface area contributed by atoms with E-state index in [1.54, 1.807) is 17.9 Å². The van der Waals surface area contributed by atoms with Crippen molar-refractivity contribution in [3.63, 3.8) is 0 Å².